The molecule has 2 rings (SSSR count). The first-order valence-electron chi connectivity index (χ1n) is 3.49. The van der Waals surface area contributed by atoms with E-state index in [9.17, 15) is 0 Å². The molecule has 12 heavy (non-hydrogen) atoms. The second kappa shape index (κ2) is 5.23. The molecule has 1 aromatic heterocycles. The van der Waals surface area contributed by atoms with E-state index in [1.807, 2.05) is 12.3 Å². The minimum absolute atomic E-state index is 0. The molecule has 3 heteroatoms. The molecule has 0 aromatic carbocycles. The molecular formula is C9H12N2V. The molecule has 0 saturated carbocycles. The van der Waals surface area contributed by atoms with Gasteiger partial charge in [-0.1, -0.05) is 12.5 Å². The van der Waals surface area contributed by atoms with Gasteiger partial charge in [-0.05, 0) is 11.6 Å². The molecule has 0 spiro atoms. The van der Waals surface area contributed by atoms with Gasteiger partial charge in [0.25, 0.3) is 0 Å². The van der Waals surface area contributed by atoms with E-state index >= 15 is 0 Å². The van der Waals surface area contributed by atoms with Crippen LogP contribution in [0.2, 0.25) is 0 Å². The number of aryl methyl sites for hydroxylation is 1. The Hall–Kier alpha value is -0.466. The van der Waals surface area contributed by atoms with Gasteiger partial charge in [-0.15, -0.1) is 0 Å². The number of hydrogen-bond donors (Lipinski definition) is 1. The van der Waals surface area contributed by atoms with Crippen LogP contribution in [0.25, 0.3) is 0 Å². The van der Waals surface area contributed by atoms with Gasteiger partial charge in [-0.2, -0.15) is 6.42 Å². The van der Waals surface area contributed by atoms with E-state index in [1.165, 1.54) is 5.56 Å². The van der Waals surface area contributed by atoms with E-state index < -0.39 is 0 Å². The van der Waals surface area contributed by atoms with E-state index in [-0.39, 0.29) is 26.0 Å². The Morgan fingerprint density at radius 3 is 3.08 bits per heavy atom. The molecule has 0 aliphatic carbocycles. The maximum absolute atomic E-state index is 4.18. The van der Waals surface area contributed by atoms with Crippen LogP contribution >= 0.6 is 0 Å². The molecule has 2 heterocycles. The first-order valence-corrected chi connectivity index (χ1v) is 3.49. The summed E-state index contributed by atoms with van der Waals surface area (Å²) >= 11 is 0. The summed E-state index contributed by atoms with van der Waals surface area (Å²) in [5.41, 5.74) is 1.32. The Labute approximate surface area is 85.7 Å². The molecule has 0 saturated heterocycles. The number of aromatic nitrogens is 1. The minimum atomic E-state index is 0. The second-order valence-corrected chi connectivity index (χ2v) is 2.40. The molecule has 63 valence electrons. The average Bonchev–Trinajstić information content (AvgIpc) is 2.05. The van der Waals surface area contributed by atoms with Crippen molar-refractivity contribution in [1.82, 2.24) is 4.98 Å². The molecule has 1 radical (unpaired) electrons. The van der Waals surface area contributed by atoms with Gasteiger partial charge in [0.2, 0.25) is 0 Å². The van der Waals surface area contributed by atoms with Crippen LogP contribution in [0.3, 0.4) is 0 Å². The number of anilines is 1. The van der Waals surface area contributed by atoms with Crippen molar-refractivity contribution in [2.45, 2.75) is 12.8 Å². The van der Waals surface area contributed by atoms with Crippen molar-refractivity contribution in [3.8, 4) is 0 Å². The fourth-order valence-electron chi connectivity index (χ4n) is 1.17. The molecule has 1 aromatic rings. The molecule has 1 aliphatic rings. The number of fused-ring (bicyclic) bond motifs is 1. The molecule has 0 fully saturated rings. The third kappa shape index (κ3) is 2.26. The molecule has 0 amide bonds. The van der Waals surface area contributed by atoms with Gasteiger partial charge >= 0.3 is 18.6 Å². The fourth-order valence-corrected chi connectivity index (χ4v) is 1.17. The SMILES string of the molecule is [CH3-].[V+2].c1cnc2c(c1)CC[CH-]N2. The normalized spacial score (nSPS) is 13.0. The van der Waals surface area contributed by atoms with Gasteiger partial charge in [-0.3, -0.25) is 0 Å². The third-order valence-electron chi connectivity index (χ3n) is 1.69. The number of rotatable bonds is 0. The molecule has 1 aliphatic heterocycles. The van der Waals surface area contributed by atoms with Crippen molar-refractivity contribution in [2.24, 2.45) is 0 Å². The van der Waals surface area contributed by atoms with Crippen molar-refractivity contribution >= 4 is 5.82 Å². The van der Waals surface area contributed by atoms with Gasteiger partial charge in [0, 0.05) is 6.20 Å². The van der Waals surface area contributed by atoms with Gasteiger partial charge in [-0.25, -0.2) is 11.5 Å². The molecular weight excluding hydrogens is 187 g/mol. The van der Waals surface area contributed by atoms with Crippen molar-refractivity contribution in [3.05, 3.63) is 37.9 Å². The quantitative estimate of drug-likeness (QED) is 0.647. The zero-order valence-electron chi connectivity index (χ0n) is 7.12. The molecule has 2 nitrogen and oxygen atoms in total. The van der Waals surface area contributed by atoms with E-state index in [4.69, 9.17) is 0 Å². The Morgan fingerprint density at radius 1 is 1.50 bits per heavy atom. The molecule has 0 bridgehead atoms. The van der Waals surface area contributed by atoms with Crippen molar-refractivity contribution in [3.63, 3.8) is 0 Å². The topological polar surface area (TPSA) is 24.9 Å². The summed E-state index contributed by atoms with van der Waals surface area (Å²) in [5, 5.41) is 3.13. The Morgan fingerprint density at radius 2 is 2.33 bits per heavy atom. The summed E-state index contributed by atoms with van der Waals surface area (Å²) < 4.78 is 0. The van der Waals surface area contributed by atoms with Crippen LogP contribution in [0.1, 0.15) is 12.0 Å². The standard InChI is InChI=1S/C8H9N2.CH3.V/c1-3-7-4-2-6-10-8(7)9-5-1;;/h1,3,5-6H,2,4H2,(H,9,10);1H3;/q2*-1;+2. The summed E-state index contributed by atoms with van der Waals surface area (Å²) in [7, 11) is 0. The molecule has 1 N–H and O–H groups in total. The fraction of sp³-hybridized carbons (Fsp3) is 0.222. The van der Waals surface area contributed by atoms with E-state index in [1.54, 1.807) is 0 Å². The largest absolute Gasteiger partial charge is 2.00 e. The Balaban J connectivity index is 0.000000605. The summed E-state index contributed by atoms with van der Waals surface area (Å²) in [6.07, 6.45) is 4.04. The number of hydrogen-bond acceptors (Lipinski definition) is 2. The predicted octanol–water partition coefficient (Wildman–Crippen LogP) is 2.05. The molecule has 0 atom stereocenters. The van der Waals surface area contributed by atoms with Crippen molar-refractivity contribution in [1.29, 1.82) is 0 Å². The van der Waals surface area contributed by atoms with Crippen LogP contribution < -0.4 is 5.32 Å². The van der Waals surface area contributed by atoms with Gasteiger partial charge in [0.15, 0.2) is 0 Å². The number of nitrogens with one attached hydrogen (secondary N) is 1. The number of nitrogens with zero attached hydrogens (tertiary/aromatic N) is 1. The average molecular weight is 199 g/mol. The molecule has 0 unspecified atom stereocenters. The second-order valence-electron chi connectivity index (χ2n) is 2.40. The van der Waals surface area contributed by atoms with Crippen LogP contribution in [0.5, 0.6) is 0 Å². The summed E-state index contributed by atoms with van der Waals surface area (Å²) in [6.45, 7) is 2.05. The maximum atomic E-state index is 4.18. The van der Waals surface area contributed by atoms with Crippen LogP contribution in [0, 0.1) is 14.0 Å². The monoisotopic (exact) mass is 199 g/mol. The van der Waals surface area contributed by atoms with E-state index in [0.29, 0.717) is 0 Å². The zero-order valence-corrected chi connectivity index (χ0v) is 8.51. The first-order chi connectivity index (χ1) is 4.97. The first kappa shape index (κ1) is 11.5. The van der Waals surface area contributed by atoms with E-state index in [0.717, 1.165) is 18.7 Å². The Kier molecular flexibility index (Phi) is 5.02. The third-order valence-corrected chi connectivity index (χ3v) is 1.69. The van der Waals surface area contributed by atoms with Crippen LogP contribution in [-0.2, 0) is 25.0 Å². The zero-order chi connectivity index (χ0) is 6.81. The van der Waals surface area contributed by atoms with Crippen LogP contribution in [0.15, 0.2) is 18.3 Å². The summed E-state index contributed by atoms with van der Waals surface area (Å²) in [6, 6.07) is 4.09. The van der Waals surface area contributed by atoms with Gasteiger partial charge in [0.1, 0.15) is 0 Å². The van der Waals surface area contributed by atoms with E-state index in [2.05, 4.69) is 22.9 Å². The number of pyridine rings is 1. The minimum Gasteiger partial charge on any atom is -0.520 e. The smallest absolute Gasteiger partial charge is 0.520 e. The van der Waals surface area contributed by atoms with Crippen LogP contribution in [-0.4, -0.2) is 4.98 Å². The summed E-state index contributed by atoms with van der Waals surface area (Å²) in [4.78, 5) is 4.18. The van der Waals surface area contributed by atoms with Gasteiger partial charge in [0.05, 0.1) is 5.82 Å². The Bertz CT molecular complexity index is 213. The van der Waals surface area contributed by atoms with Crippen molar-refractivity contribution in [2.75, 3.05) is 5.32 Å². The van der Waals surface area contributed by atoms with Gasteiger partial charge < -0.3 is 12.7 Å². The maximum Gasteiger partial charge on any atom is 2.00 e. The van der Waals surface area contributed by atoms with Crippen molar-refractivity contribution < 1.29 is 18.6 Å². The predicted molar refractivity (Wildman–Crippen MR) is 46.9 cm³/mol. The summed E-state index contributed by atoms with van der Waals surface area (Å²) in [5.74, 6) is 1.02. The van der Waals surface area contributed by atoms with Crippen LogP contribution in [0.4, 0.5) is 5.82 Å².